The summed E-state index contributed by atoms with van der Waals surface area (Å²) < 4.78 is 5.59. The molecule has 1 N–H and O–H groups in total. The molecule has 2 atom stereocenters. The van der Waals surface area contributed by atoms with Gasteiger partial charge in [0, 0.05) is 6.42 Å². The highest BCUT2D eigenvalue weighted by molar-refractivity contribution is 6.20. The van der Waals surface area contributed by atoms with Crippen molar-refractivity contribution in [2.24, 2.45) is 0 Å². The van der Waals surface area contributed by atoms with Crippen LogP contribution in [0.1, 0.15) is 29.6 Å². The summed E-state index contributed by atoms with van der Waals surface area (Å²) in [6.07, 6.45) is 0.694. The van der Waals surface area contributed by atoms with Gasteiger partial charge in [0.05, 0.1) is 5.56 Å². The summed E-state index contributed by atoms with van der Waals surface area (Å²) >= 11 is 0. The monoisotopic (exact) mass is 232 g/mol. The number of Topliss-reactive ketones (excluding diaryl/α,β-unsaturated/α-hetero) is 2. The lowest BCUT2D eigenvalue weighted by molar-refractivity contribution is -0.146. The number of benzene rings is 1. The molecule has 0 unspecified atom stereocenters. The molecule has 3 rings (SSSR count). The first-order chi connectivity index (χ1) is 8.14. The van der Waals surface area contributed by atoms with Gasteiger partial charge in [-0.05, 0) is 25.0 Å². The van der Waals surface area contributed by atoms with Gasteiger partial charge in [-0.15, -0.1) is 0 Å². The number of ether oxygens (including phenoxy) is 1. The van der Waals surface area contributed by atoms with Crippen LogP contribution in [0.4, 0.5) is 0 Å². The van der Waals surface area contributed by atoms with Gasteiger partial charge in [-0.2, -0.15) is 0 Å². The fourth-order valence-electron chi connectivity index (χ4n) is 2.56. The molecule has 88 valence electrons. The Morgan fingerprint density at radius 1 is 1.29 bits per heavy atom. The average molecular weight is 232 g/mol. The summed E-state index contributed by atoms with van der Waals surface area (Å²) in [5.74, 6) is -0.482. The summed E-state index contributed by atoms with van der Waals surface area (Å²) in [5.41, 5.74) is -1.67. The van der Waals surface area contributed by atoms with E-state index in [4.69, 9.17) is 4.74 Å². The number of fused-ring (bicyclic) bond motifs is 2. The van der Waals surface area contributed by atoms with E-state index in [9.17, 15) is 14.7 Å². The normalized spacial score (nSPS) is 31.5. The van der Waals surface area contributed by atoms with Crippen LogP contribution in [0.2, 0.25) is 0 Å². The number of hydrogen-bond acceptors (Lipinski definition) is 4. The molecule has 1 saturated carbocycles. The van der Waals surface area contributed by atoms with E-state index in [-0.39, 0.29) is 6.42 Å². The second kappa shape index (κ2) is 3.40. The minimum atomic E-state index is -1.97. The van der Waals surface area contributed by atoms with Crippen LogP contribution >= 0.6 is 0 Å². The molecule has 0 spiro atoms. The molecule has 0 bridgehead atoms. The van der Waals surface area contributed by atoms with Gasteiger partial charge in [0.1, 0.15) is 11.9 Å². The third kappa shape index (κ3) is 1.27. The first-order valence-electron chi connectivity index (χ1n) is 5.70. The van der Waals surface area contributed by atoms with E-state index in [2.05, 4.69) is 0 Å². The summed E-state index contributed by atoms with van der Waals surface area (Å²) in [6, 6.07) is 6.72. The van der Waals surface area contributed by atoms with Crippen molar-refractivity contribution in [1.82, 2.24) is 0 Å². The summed E-state index contributed by atoms with van der Waals surface area (Å²) in [4.78, 5) is 24.1. The molecular weight excluding hydrogens is 220 g/mol. The zero-order valence-electron chi connectivity index (χ0n) is 9.18. The van der Waals surface area contributed by atoms with Gasteiger partial charge in [0.15, 0.2) is 5.78 Å². The van der Waals surface area contributed by atoms with Crippen molar-refractivity contribution in [2.75, 3.05) is 0 Å². The Bertz CT molecular complexity index is 508. The third-order valence-corrected chi connectivity index (χ3v) is 3.51. The highest BCUT2D eigenvalue weighted by atomic mass is 16.5. The van der Waals surface area contributed by atoms with Gasteiger partial charge in [-0.3, -0.25) is 9.59 Å². The van der Waals surface area contributed by atoms with E-state index in [0.29, 0.717) is 24.2 Å². The van der Waals surface area contributed by atoms with Crippen molar-refractivity contribution in [1.29, 1.82) is 0 Å². The number of rotatable bonds is 0. The molecule has 1 aromatic carbocycles. The summed E-state index contributed by atoms with van der Waals surface area (Å²) in [5, 5.41) is 10.4. The van der Waals surface area contributed by atoms with Crippen molar-refractivity contribution >= 4 is 11.6 Å². The van der Waals surface area contributed by atoms with Gasteiger partial charge in [0.25, 0.3) is 0 Å². The van der Waals surface area contributed by atoms with Gasteiger partial charge < -0.3 is 9.84 Å². The van der Waals surface area contributed by atoms with Crippen LogP contribution in [-0.2, 0) is 4.79 Å². The molecule has 1 heterocycles. The molecule has 2 aliphatic rings. The van der Waals surface area contributed by atoms with Crippen LogP contribution < -0.4 is 4.74 Å². The van der Waals surface area contributed by atoms with Crippen molar-refractivity contribution in [3.8, 4) is 5.75 Å². The lowest BCUT2D eigenvalue weighted by Crippen LogP contribution is -2.62. The maximum absolute atomic E-state index is 12.2. The zero-order chi connectivity index (χ0) is 12.0. The fourth-order valence-corrected chi connectivity index (χ4v) is 2.56. The van der Waals surface area contributed by atoms with Crippen LogP contribution in [0.15, 0.2) is 24.3 Å². The number of aliphatic hydroxyl groups is 1. The standard InChI is InChI=1S/C13H12O4/c14-10-6-3-7-11-13(10,16)12(15)8-4-1-2-5-9(8)17-11/h1-2,4-5,11,16H,3,6-7H2/t11-,13-/m1/s1. The third-order valence-electron chi connectivity index (χ3n) is 3.51. The van der Waals surface area contributed by atoms with E-state index in [1.807, 2.05) is 0 Å². The number of hydrogen-bond donors (Lipinski definition) is 1. The molecule has 1 aromatic rings. The smallest absolute Gasteiger partial charge is 0.223 e. The van der Waals surface area contributed by atoms with Gasteiger partial charge in [-0.25, -0.2) is 0 Å². The first-order valence-corrected chi connectivity index (χ1v) is 5.70. The average Bonchev–Trinajstić information content (AvgIpc) is 2.34. The van der Waals surface area contributed by atoms with E-state index in [0.717, 1.165) is 0 Å². The fraction of sp³-hybridized carbons (Fsp3) is 0.385. The number of ketones is 2. The summed E-state index contributed by atoms with van der Waals surface area (Å²) in [6.45, 7) is 0. The van der Waals surface area contributed by atoms with Gasteiger partial charge in [-0.1, -0.05) is 12.1 Å². The number of carbonyl (C=O) groups excluding carboxylic acids is 2. The number of para-hydroxylation sites is 1. The molecule has 1 aliphatic heterocycles. The number of carbonyl (C=O) groups is 2. The molecule has 4 heteroatoms. The Labute approximate surface area is 98.2 Å². The lowest BCUT2D eigenvalue weighted by Gasteiger charge is -2.40. The minimum absolute atomic E-state index is 0.240. The Kier molecular flexibility index (Phi) is 2.10. The molecule has 0 radical (unpaired) electrons. The Balaban J connectivity index is 2.15. The molecule has 0 aromatic heterocycles. The quantitative estimate of drug-likeness (QED) is 0.681. The van der Waals surface area contributed by atoms with E-state index in [1.165, 1.54) is 0 Å². The van der Waals surface area contributed by atoms with E-state index in [1.54, 1.807) is 24.3 Å². The maximum Gasteiger partial charge on any atom is 0.223 e. The van der Waals surface area contributed by atoms with E-state index >= 15 is 0 Å². The predicted molar refractivity (Wildman–Crippen MR) is 59.0 cm³/mol. The van der Waals surface area contributed by atoms with Crippen LogP contribution in [-0.4, -0.2) is 28.4 Å². The predicted octanol–water partition coefficient (Wildman–Crippen LogP) is 1.11. The van der Waals surface area contributed by atoms with E-state index < -0.39 is 23.3 Å². The van der Waals surface area contributed by atoms with Crippen LogP contribution in [0.3, 0.4) is 0 Å². The van der Waals surface area contributed by atoms with Gasteiger partial charge >= 0.3 is 0 Å². The van der Waals surface area contributed by atoms with Crippen molar-refractivity contribution in [3.63, 3.8) is 0 Å². The molecule has 0 saturated heterocycles. The highest BCUT2D eigenvalue weighted by Crippen LogP contribution is 2.38. The van der Waals surface area contributed by atoms with Crippen LogP contribution in [0.25, 0.3) is 0 Å². The summed E-state index contributed by atoms with van der Waals surface area (Å²) in [7, 11) is 0. The van der Waals surface area contributed by atoms with Crippen LogP contribution in [0, 0.1) is 0 Å². The van der Waals surface area contributed by atoms with Gasteiger partial charge in [0.2, 0.25) is 11.4 Å². The molecule has 0 amide bonds. The van der Waals surface area contributed by atoms with Crippen LogP contribution in [0.5, 0.6) is 5.75 Å². The molecule has 1 fully saturated rings. The SMILES string of the molecule is O=C1CCC[C@H]2Oc3ccccc3C(=O)[C@@]12O. The Hall–Kier alpha value is -1.68. The zero-order valence-corrected chi connectivity index (χ0v) is 9.18. The Morgan fingerprint density at radius 2 is 2.06 bits per heavy atom. The topological polar surface area (TPSA) is 63.6 Å². The minimum Gasteiger partial charge on any atom is -0.486 e. The molecule has 1 aliphatic carbocycles. The Morgan fingerprint density at radius 3 is 2.88 bits per heavy atom. The van der Waals surface area contributed by atoms with Crippen molar-refractivity contribution in [3.05, 3.63) is 29.8 Å². The molecule has 4 nitrogen and oxygen atoms in total. The molecule has 17 heavy (non-hydrogen) atoms. The van der Waals surface area contributed by atoms with Crippen molar-refractivity contribution < 1.29 is 19.4 Å². The second-order valence-corrected chi connectivity index (χ2v) is 4.51. The second-order valence-electron chi connectivity index (χ2n) is 4.51. The largest absolute Gasteiger partial charge is 0.486 e. The van der Waals surface area contributed by atoms with Crippen molar-refractivity contribution in [2.45, 2.75) is 31.0 Å². The molecular formula is C13H12O4. The maximum atomic E-state index is 12.2. The first kappa shape index (κ1) is 10.5. The highest BCUT2D eigenvalue weighted by Gasteiger charge is 2.56. The lowest BCUT2D eigenvalue weighted by atomic mass is 9.74.